The van der Waals surface area contributed by atoms with Crippen molar-refractivity contribution in [3.63, 3.8) is 0 Å². The van der Waals surface area contributed by atoms with Gasteiger partial charge < -0.3 is 15.4 Å². The summed E-state index contributed by atoms with van der Waals surface area (Å²) in [6.45, 7) is 5.65. The average molecular weight is 407 g/mol. The number of thiocarbonyl (C=S) groups is 1. The number of thiophene rings is 1. The summed E-state index contributed by atoms with van der Waals surface area (Å²) >= 11 is 7.10. The van der Waals surface area contributed by atoms with Crippen LogP contribution in [0.3, 0.4) is 0 Å². The molecule has 0 spiro atoms. The van der Waals surface area contributed by atoms with Crippen LogP contribution in [0.1, 0.15) is 59.6 Å². The molecule has 0 aliphatic heterocycles. The molecule has 0 radical (unpaired) electrons. The Morgan fingerprint density at radius 3 is 2.93 bits per heavy atom. The predicted molar refractivity (Wildman–Crippen MR) is 112 cm³/mol. The highest BCUT2D eigenvalue weighted by atomic mass is 32.1. The quantitative estimate of drug-likeness (QED) is 0.431. The molecule has 6 nitrogen and oxygen atoms in total. The molecule has 8 heteroatoms. The second kappa shape index (κ2) is 9.32. The summed E-state index contributed by atoms with van der Waals surface area (Å²) in [5, 5.41) is 12.0. The number of esters is 1. The summed E-state index contributed by atoms with van der Waals surface area (Å²) in [6, 6.07) is 1.97. The third kappa shape index (κ3) is 4.68. The molecule has 2 aromatic rings. The van der Waals surface area contributed by atoms with Gasteiger partial charge in [0.15, 0.2) is 5.11 Å². The first-order valence-corrected chi connectivity index (χ1v) is 10.7. The lowest BCUT2D eigenvalue weighted by Gasteiger charge is -2.12. The normalized spacial score (nSPS) is 13.6. The number of aromatic nitrogens is 2. The Balaban J connectivity index is 1.75. The van der Waals surface area contributed by atoms with Gasteiger partial charge in [-0.05, 0) is 63.4 Å². The first kappa shape index (κ1) is 19.8. The average Bonchev–Trinajstić information content (AvgIpc) is 3.17. The third-order valence-corrected chi connectivity index (χ3v) is 6.12. The van der Waals surface area contributed by atoms with E-state index in [2.05, 4.69) is 22.7 Å². The van der Waals surface area contributed by atoms with E-state index in [1.807, 2.05) is 17.7 Å². The van der Waals surface area contributed by atoms with Gasteiger partial charge in [0.1, 0.15) is 5.00 Å². The van der Waals surface area contributed by atoms with Gasteiger partial charge in [0.05, 0.1) is 24.4 Å². The van der Waals surface area contributed by atoms with Crippen molar-refractivity contribution < 1.29 is 9.53 Å². The number of rotatable bonds is 6. The van der Waals surface area contributed by atoms with E-state index in [1.165, 1.54) is 17.7 Å². The lowest BCUT2D eigenvalue weighted by Crippen LogP contribution is -2.29. The van der Waals surface area contributed by atoms with Crippen LogP contribution in [0.15, 0.2) is 12.3 Å². The monoisotopic (exact) mass is 406 g/mol. The summed E-state index contributed by atoms with van der Waals surface area (Å²) in [6.07, 6.45) is 7.21. The topological polar surface area (TPSA) is 68.2 Å². The molecular weight excluding hydrogens is 380 g/mol. The smallest absolute Gasteiger partial charge is 0.341 e. The highest BCUT2D eigenvalue weighted by Gasteiger charge is 2.26. The number of anilines is 1. The number of fused-ring (bicyclic) bond motifs is 1. The van der Waals surface area contributed by atoms with Crippen LogP contribution >= 0.6 is 23.6 Å². The van der Waals surface area contributed by atoms with Crippen LogP contribution in [0.2, 0.25) is 0 Å². The van der Waals surface area contributed by atoms with Gasteiger partial charge in [-0.15, -0.1) is 11.3 Å². The van der Waals surface area contributed by atoms with Crippen molar-refractivity contribution in [2.75, 3.05) is 11.9 Å². The van der Waals surface area contributed by atoms with Crippen LogP contribution < -0.4 is 10.6 Å². The van der Waals surface area contributed by atoms with Crippen molar-refractivity contribution in [1.82, 2.24) is 15.1 Å². The molecule has 0 saturated heterocycles. The molecule has 0 unspecified atom stereocenters. The number of ether oxygens (including phenoxy) is 1. The minimum absolute atomic E-state index is 0.258. The maximum atomic E-state index is 12.6. The molecule has 0 aromatic carbocycles. The zero-order valence-corrected chi connectivity index (χ0v) is 17.5. The molecule has 0 amide bonds. The molecule has 0 bridgehead atoms. The van der Waals surface area contributed by atoms with Gasteiger partial charge in [-0.2, -0.15) is 5.10 Å². The van der Waals surface area contributed by atoms with E-state index in [0.29, 0.717) is 23.8 Å². The number of carbonyl (C=O) groups is 1. The van der Waals surface area contributed by atoms with Crippen LogP contribution in [0, 0.1) is 0 Å². The van der Waals surface area contributed by atoms with Gasteiger partial charge in [-0.3, -0.25) is 4.68 Å². The zero-order valence-electron chi connectivity index (χ0n) is 15.8. The van der Waals surface area contributed by atoms with Crippen molar-refractivity contribution in [2.45, 2.75) is 59.0 Å². The first-order chi connectivity index (χ1) is 13.1. The van der Waals surface area contributed by atoms with Crippen LogP contribution in [0.4, 0.5) is 5.00 Å². The molecule has 2 aromatic heterocycles. The minimum atomic E-state index is -0.258. The van der Waals surface area contributed by atoms with E-state index in [-0.39, 0.29) is 5.97 Å². The molecular formula is C19H26N4O2S2. The fourth-order valence-electron chi connectivity index (χ4n) is 3.36. The van der Waals surface area contributed by atoms with E-state index in [1.54, 1.807) is 17.5 Å². The second-order valence-corrected chi connectivity index (χ2v) is 7.95. The van der Waals surface area contributed by atoms with E-state index in [0.717, 1.165) is 42.1 Å². The Morgan fingerprint density at radius 2 is 2.15 bits per heavy atom. The summed E-state index contributed by atoms with van der Waals surface area (Å²) in [5.74, 6) is -0.258. The molecule has 0 atom stereocenters. The van der Waals surface area contributed by atoms with Crippen LogP contribution in [-0.4, -0.2) is 27.5 Å². The molecule has 146 valence electrons. The fraction of sp³-hybridized carbons (Fsp3) is 0.526. The van der Waals surface area contributed by atoms with Crippen molar-refractivity contribution in [3.05, 3.63) is 34.0 Å². The first-order valence-electron chi connectivity index (χ1n) is 9.51. The maximum absolute atomic E-state index is 12.6. The molecule has 3 rings (SSSR count). The third-order valence-electron chi connectivity index (χ3n) is 4.66. The van der Waals surface area contributed by atoms with Crippen LogP contribution in [0.25, 0.3) is 0 Å². The van der Waals surface area contributed by atoms with E-state index < -0.39 is 0 Å². The fourth-order valence-corrected chi connectivity index (χ4v) is 4.88. The summed E-state index contributed by atoms with van der Waals surface area (Å²) < 4.78 is 7.24. The molecule has 2 heterocycles. The Hall–Kier alpha value is -1.93. The number of aryl methyl sites for hydroxylation is 2. The molecule has 27 heavy (non-hydrogen) atoms. The summed E-state index contributed by atoms with van der Waals surface area (Å²) in [5.41, 5.74) is 2.88. The number of carbonyl (C=O) groups excluding carboxylic acids is 1. The number of hydrogen-bond donors (Lipinski definition) is 2. The predicted octanol–water partition coefficient (Wildman–Crippen LogP) is 3.90. The van der Waals surface area contributed by atoms with Crippen LogP contribution in [0.5, 0.6) is 0 Å². The summed E-state index contributed by atoms with van der Waals surface area (Å²) in [4.78, 5) is 13.9. The Kier molecular flexibility index (Phi) is 6.84. The van der Waals surface area contributed by atoms with Crippen LogP contribution in [-0.2, 0) is 30.7 Å². The van der Waals surface area contributed by atoms with Gasteiger partial charge in [-0.1, -0.05) is 6.42 Å². The SMILES string of the molecule is CCOC(=O)c1c(NC(=S)NCc2ccnn2CC)sc2c1CCCCC2. The number of nitrogens with zero attached hydrogens (tertiary/aromatic N) is 2. The summed E-state index contributed by atoms with van der Waals surface area (Å²) in [7, 11) is 0. The lowest BCUT2D eigenvalue weighted by molar-refractivity contribution is 0.0527. The maximum Gasteiger partial charge on any atom is 0.341 e. The Labute approximate surface area is 169 Å². The van der Waals surface area contributed by atoms with Gasteiger partial charge in [-0.25, -0.2) is 4.79 Å². The van der Waals surface area contributed by atoms with Crippen molar-refractivity contribution in [1.29, 1.82) is 0 Å². The van der Waals surface area contributed by atoms with E-state index >= 15 is 0 Å². The standard InChI is InChI=1S/C19H26N4O2S2/c1-3-23-13(10-11-21-23)12-20-19(26)22-17-16(18(24)25-4-2)14-8-6-5-7-9-15(14)27-17/h10-11H,3-9,12H2,1-2H3,(H2,20,22,26). The molecule has 0 saturated carbocycles. The molecule has 2 N–H and O–H groups in total. The highest BCUT2D eigenvalue weighted by molar-refractivity contribution is 7.80. The van der Waals surface area contributed by atoms with Crippen molar-refractivity contribution in [2.24, 2.45) is 0 Å². The molecule has 1 aliphatic carbocycles. The molecule has 1 aliphatic rings. The van der Waals surface area contributed by atoms with Gasteiger partial charge in [0.2, 0.25) is 0 Å². The molecule has 0 fully saturated rings. The lowest BCUT2D eigenvalue weighted by atomic mass is 10.1. The van der Waals surface area contributed by atoms with E-state index in [9.17, 15) is 4.79 Å². The zero-order chi connectivity index (χ0) is 19.2. The number of hydrogen-bond acceptors (Lipinski definition) is 5. The Morgan fingerprint density at radius 1 is 1.33 bits per heavy atom. The second-order valence-electron chi connectivity index (χ2n) is 6.44. The minimum Gasteiger partial charge on any atom is -0.462 e. The van der Waals surface area contributed by atoms with Gasteiger partial charge in [0.25, 0.3) is 0 Å². The number of nitrogens with one attached hydrogen (secondary N) is 2. The largest absolute Gasteiger partial charge is 0.462 e. The van der Waals surface area contributed by atoms with Gasteiger partial charge in [0, 0.05) is 17.6 Å². The van der Waals surface area contributed by atoms with Crippen molar-refractivity contribution in [3.8, 4) is 0 Å². The Bertz CT molecular complexity index is 813. The van der Waals surface area contributed by atoms with Crippen molar-refractivity contribution >= 4 is 39.6 Å². The highest BCUT2D eigenvalue weighted by Crippen LogP contribution is 2.38. The van der Waals surface area contributed by atoms with Gasteiger partial charge >= 0.3 is 5.97 Å². The van der Waals surface area contributed by atoms with E-state index in [4.69, 9.17) is 17.0 Å².